The molecule has 1 atom stereocenters. The Balaban J connectivity index is 2.09. The number of carbonyl (C=O) groups excluding carboxylic acids is 2. The van der Waals surface area contributed by atoms with E-state index in [1.807, 2.05) is 13.8 Å². The van der Waals surface area contributed by atoms with Crippen LogP contribution in [0.3, 0.4) is 0 Å². The molecule has 42 heavy (non-hydrogen) atoms. The van der Waals surface area contributed by atoms with Crippen LogP contribution in [0.1, 0.15) is 32.8 Å². The molecule has 0 fully saturated rings. The lowest BCUT2D eigenvalue weighted by Gasteiger charge is -2.33. The van der Waals surface area contributed by atoms with Crippen molar-refractivity contribution in [3.05, 3.63) is 82.3 Å². The molecular weight excluding hydrogens is 601 g/mol. The molecule has 0 aliphatic rings. The van der Waals surface area contributed by atoms with Gasteiger partial charge in [-0.15, -0.1) is 0 Å². The van der Waals surface area contributed by atoms with Crippen molar-refractivity contribution in [3.63, 3.8) is 0 Å². The van der Waals surface area contributed by atoms with Gasteiger partial charge in [-0.05, 0) is 62.2 Å². The zero-order chi connectivity index (χ0) is 31.0. The number of ether oxygens (including phenoxy) is 2. The zero-order valence-corrected chi connectivity index (χ0v) is 26.5. The molecule has 226 valence electrons. The first kappa shape index (κ1) is 33.0. The van der Waals surface area contributed by atoms with Gasteiger partial charge in [0.15, 0.2) is 11.5 Å². The molecule has 0 saturated carbocycles. The third-order valence-electron chi connectivity index (χ3n) is 6.42. The fourth-order valence-electron chi connectivity index (χ4n) is 4.36. The second kappa shape index (κ2) is 14.6. The summed E-state index contributed by atoms with van der Waals surface area (Å²) in [5, 5.41) is 3.50. The average molecular weight is 637 g/mol. The van der Waals surface area contributed by atoms with Crippen LogP contribution in [0.2, 0.25) is 10.0 Å². The van der Waals surface area contributed by atoms with Crippen LogP contribution in [0.5, 0.6) is 11.5 Å². The Hall–Kier alpha value is -3.47. The fraction of sp³-hybridized carbons (Fsp3) is 0.333. The van der Waals surface area contributed by atoms with Gasteiger partial charge in [-0.25, -0.2) is 8.42 Å². The van der Waals surface area contributed by atoms with Crippen LogP contribution in [-0.2, 0) is 26.2 Å². The van der Waals surface area contributed by atoms with Crippen LogP contribution >= 0.6 is 23.2 Å². The lowest BCUT2D eigenvalue weighted by molar-refractivity contribution is -0.140. The number of benzene rings is 3. The molecule has 3 aromatic carbocycles. The Kier molecular flexibility index (Phi) is 11.5. The van der Waals surface area contributed by atoms with Crippen LogP contribution in [0.4, 0.5) is 5.69 Å². The van der Waals surface area contributed by atoms with E-state index in [1.165, 1.54) is 37.3 Å². The summed E-state index contributed by atoms with van der Waals surface area (Å²) in [5.74, 6) is -0.362. The Morgan fingerprint density at radius 2 is 1.57 bits per heavy atom. The van der Waals surface area contributed by atoms with Gasteiger partial charge in [0, 0.05) is 18.7 Å². The Bertz CT molecular complexity index is 1500. The molecule has 0 aliphatic heterocycles. The largest absolute Gasteiger partial charge is 0.493 e. The fourth-order valence-corrected chi connectivity index (χ4v) is 6.11. The number of sulfonamides is 1. The van der Waals surface area contributed by atoms with Gasteiger partial charge in [0.2, 0.25) is 11.8 Å². The minimum atomic E-state index is -4.29. The van der Waals surface area contributed by atoms with Crippen LogP contribution < -0.4 is 19.1 Å². The highest BCUT2D eigenvalue weighted by molar-refractivity contribution is 7.92. The number of anilines is 1. The van der Waals surface area contributed by atoms with Crippen LogP contribution in [0.15, 0.2) is 71.6 Å². The van der Waals surface area contributed by atoms with E-state index in [4.69, 9.17) is 32.7 Å². The number of amides is 2. The van der Waals surface area contributed by atoms with Crippen molar-refractivity contribution < 1.29 is 27.5 Å². The normalized spacial score (nSPS) is 12.0. The third kappa shape index (κ3) is 7.87. The summed E-state index contributed by atoms with van der Waals surface area (Å²) in [7, 11) is -1.44. The monoisotopic (exact) mass is 635 g/mol. The number of halogens is 2. The van der Waals surface area contributed by atoms with Gasteiger partial charge < -0.3 is 19.7 Å². The van der Waals surface area contributed by atoms with E-state index in [2.05, 4.69) is 5.32 Å². The van der Waals surface area contributed by atoms with Gasteiger partial charge in [-0.1, -0.05) is 54.4 Å². The number of rotatable bonds is 13. The van der Waals surface area contributed by atoms with Gasteiger partial charge in [0.25, 0.3) is 10.0 Å². The summed E-state index contributed by atoms with van der Waals surface area (Å²) in [6.07, 6.45) is 0.291. The molecule has 0 saturated heterocycles. The van der Waals surface area contributed by atoms with Crippen molar-refractivity contribution in [2.24, 2.45) is 0 Å². The molecule has 9 nitrogen and oxygen atoms in total. The van der Waals surface area contributed by atoms with Gasteiger partial charge in [0.1, 0.15) is 12.6 Å². The summed E-state index contributed by atoms with van der Waals surface area (Å²) in [6, 6.07) is 16.4. The lowest BCUT2D eigenvalue weighted by Crippen LogP contribution is -2.53. The zero-order valence-electron chi connectivity index (χ0n) is 24.1. The summed E-state index contributed by atoms with van der Waals surface area (Å²) in [5.41, 5.74) is 0.900. The summed E-state index contributed by atoms with van der Waals surface area (Å²) in [4.78, 5) is 28.6. The van der Waals surface area contributed by atoms with E-state index in [0.29, 0.717) is 27.8 Å². The van der Waals surface area contributed by atoms with Crippen LogP contribution in [-0.4, -0.2) is 58.0 Å². The Labute approximate surface area is 257 Å². The number of hydrogen-bond donors (Lipinski definition) is 1. The summed E-state index contributed by atoms with van der Waals surface area (Å²) >= 11 is 12.3. The Morgan fingerprint density at radius 1 is 0.905 bits per heavy atom. The van der Waals surface area contributed by atoms with Gasteiger partial charge >= 0.3 is 0 Å². The maximum Gasteiger partial charge on any atom is 0.264 e. The number of nitrogens with zero attached hydrogens (tertiary/aromatic N) is 2. The molecule has 0 heterocycles. The van der Waals surface area contributed by atoms with E-state index in [0.717, 1.165) is 4.31 Å². The second-order valence-corrected chi connectivity index (χ2v) is 12.4. The lowest BCUT2D eigenvalue weighted by atomic mass is 10.1. The minimum Gasteiger partial charge on any atom is -0.493 e. The van der Waals surface area contributed by atoms with E-state index in [-0.39, 0.29) is 34.8 Å². The maximum atomic E-state index is 14.1. The van der Waals surface area contributed by atoms with Crippen molar-refractivity contribution in [1.29, 1.82) is 0 Å². The van der Waals surface area contributed by atoms with Gasteiger partial charge in [0.05, 0.1) is 34.8 Å². The van der Waals surface area contributed by atoms with E-state index in [9.17, 15) is 18.0 Å². The molecule has 0 bridgehead atoms. The first-order valence-electron chi connectivity index (χ1n) is 13.3. The van der Waals surface area contributed by atoms with E-state index >= 15 is 0 Å². The van der Waals surface area contributed by atoms with E-state index in [1.54, 1.807) is 55.5 Å². The molecule has 0 unspecified atom stereocenters. The van der Waals surface area contributed by atoms with Crippen LogP contribution in [0, 0.1) is 0 Å². The smallest absolute Gasteiger partial charge is 0.264 e. The van der Waals surface area contributed by atoms with Gasteiger partial charge in [-0.3, -0.25) is 13.9 Å². The number of nitrogens with one attached hydrogen (secondary N) is 1. The molecule has 12 heteroatoms. The quantitative estimate of drug-likeness (QED) is 0.264. The topological polar surface area (TPSA) is 105 Å². The first-order valence-corrected chi connectivity index (χ1v) is 15.5. The minimum absolute atomic E-state index is 0.00121. The number of carbonyl (C=O) groups is 2. The molecule has 0 aromatic heterocycles. The molecule has 0 radical (unpaired) electrons. The molecule has 2 amide bonds. The standard InChI is InChI=1S/C30H35Cl2N3O6S/c1-6-26(30(37)33-20(2)3)34(18-21-12-14-24(31)25(32)16-21)29(36)19-35(22-10-8-7-9-11-22)42(38,39)23-13-15-27(40-4)28(17-23)41-5/h7-17,20,26H,6,18-19H2,1-5H3,(H,33,37)/t26-/m1/s1. The molecular formula is C30H35Cl2N3O6S. The molecule has 0 spiro atoms. The van der Waals surface area contributed by atoms with Gasteiger partial charge in [-0.2, -0.15) is 0 Å². The Morgan fingerprint density at radius 3 is 2.14 bits per heavy atom. The third-order valence-corrected chi connectivity index (χ3v) is 8.93. The molecule has 3 rings (SSSR count). The van der Waals surface area contributed by atoms with E-state index < -0.39 is 28.5 Å². The number of hydrogen-bond acceptors (Lipinski definition) is 6. The van der Waals surface area contributed by atoms with Crippen molar-refractivity contribution in [1.82, 2.24) is 10.2 Å². The van der Waals surface area contributed by atoms with Crippen molar-refractivity contribution >= 4 is 50.7 Å². The summed E-state index contributed by atoms with van der Waals surface area (Å²) in [6.45, 7) is 4.85. The molecule has 1 N–H and O–H groups in total. The molecule has 0 aliphatic carbocycles. The van der Waals surface area contributed by atoms with Crippen LogP contribution in [0.25, 0.3) is 0 Å². The number of para-hydroxylation sites is 1. The highest BCUT2D eigenvalue weighted by Gasteiger charge is 2.34. The highest BCUT2D eigenvalue weighted by Crippen LogP contribution is 2.32. The van der Waals surface area contributed by atoms with Crippen molar-refractivity contribution in [2.75, 3.05) is 25.1 Å². The highest BCUT2D eigenvalue weighted by atomic mass is 35.5. The SMILES string of the molecule is CC[C@H](C(=O)NC(C)C)N(Cc1ccc(Cl)c(Cl)c1)C(=O)CN(c1ccccc1)S(=O)(=O)c1ccc(OC)c(OC)c1. The predicted octanol–water partition coefficient (Wildman–Crippen LogP) is 5.54. The average Bonchev–Trinajstić information content (AvgIpc) is 2.97. The maximum absolute atomic E-state index is 14.1. The number of methoxy groups -OCH3 is 2. The van der Waals surface area contributed by atoms with Crippen molar-refractivity contribution in [2.45, 2.75) is 50.7 Å². The molecule has 3 aromatic rings. The summed E-state index contributed by atoms with van der Waals surface area (Å²) < 4.78 is 39.7. The second-order valence-electron chi connectivity index (χ2n) is 9.72. The predicted molar refractivity (Wildman–Crippen MR) is 165 cm³/mol. The first-order chi connectivity index (χ1) is 19.9. The van der Waals surface area contributed by atoms with Crippen molar-refractivity contribution in [3.8, 4) is 11.5 Å².